The minimum atomic E-state index is -0.300. The van der Waals surface area contributed by atoms with Gasteiger partial charge in [0.1, 0.15) is 10.7 Å². The van der Waals surface area contributed by atoms with E-state index in [0.717, 1.165) is 21.6 Å². The zero-order valence-corrected chi connectivity index (χ0v) is 13.9. The highest BCUT2D eigenvalue weighted by atomic mass is 35.5. The number of hydrogen-bond acceptors (Lipinski definition) is 4. The van der Waals surface area contributed by atoms with Gasteiger partial charge in [0.25, 0.3) is 5.91 Å². The van der Waals surface area contributed by atoms with E-state index in [1.165, 1.54) is 11.3 Å². The van der Waals surface area contributed by atoms with Crippen molar-refractivity contribution in [3.8, 4) is 10.6 Å². The second kappa shape index (κ2) is 6.07. The Bertz CT molecular complexity index is 989. The molecule has 2 N–H and O–H groups in total. The van der Waals surface area contributed by atoms with Crippen molar-refractivity contribution in [2.75, 3.05) is 5.32 Å². The zero-order valence-electron chi connectivity index (χ0n) is 12.3. The summed E-state index contributed by atoms with van der Waals surface area (Å²) < 4.78 is 0. The van der Waals surface area contributed by atoms with Gasteiger partial charge in [-0.2, -0.15) is 0 Å². The van der Waals surface area contributed by atoms with Gasteiger partial charge in [-0.15, -0.1) is 11.3 Å². The molecular formula is C17H11ClN4OS. The number of hydrogen-bond donors (Lipinski definition) is 2. The molecule has 2 heterocycles. The molecule has 0 aliphatic carbocycles. The molecule has 4 aromatic rings. The number of aromatic amines is 1. The van der Waals surface area contributed by atoms with E-state index in [9.17, 15) is 4.79 Å². The van der Waals surface area contributed by atoms with E-state index in [-0.39, 0.29) is 5.91 Å². The van der Waals surface area contributed by atoms with Gasteiger partial charge in [0.2, 0.25) is 5.95 Å². The van der Waals surface area contributed by atoms with Gasteiger partial charge in [-0.05, 0) is 24.3 Å². The highest BCUT2D eigenvalue weighted by molar-refractivity contribution is 7.13. The number of imidazole rings is 1. The largest absolute Gasteiger partial charge is 0.324 e. The SMILES string of the molecule is O=C(Nc1nc2ccccc2[nH]1)c1csc(-c2ccc(Cl)cc2)n1. The maximum Gasteiger partial charge on any atom is 0.277 e. The number of thiazole rings is 1. The molecule has 0 unspecified atom stereocenters. The van der Waals surface area contributed by atoms with E-state index < -0.39 is 0 Å². The second-order valence-electron chi connectivity index (χ2n) is 5.10. The van der Waals surface area contributed by atoms with Gasteiger partial charge in [0, 0.05) is 16.0 Å². The van der Waals surface area contributed by atoms with Gasteiger partial charge < -0.3 is 4.98 Å². The molecule has 0 aliphatic rings. The van der Waals surface area contributed by atoms with Crippen LogP contribution in [0.25, 0.3) is 21.6 Å². The maximum atomic E-state index is 12.3. The number of aromatic nitrogens is 3. The fourth-order valence-electron chi connectivity index (χ4n) is 2.29. The second-order valence-corrected chi connectivity index (χ2v) is 6.40. The van der Waals surface area contributed by atoms with E-state index in [1.54, 1.807) is 17.5 Å². The van der Waals surface area contributed by atoms with E-state index in [4.69, 9.17) is 11.6 Å². The number of rotatable bonds is 3. The van der Waals surface area contributed by atoms with Crippen LogP contribution in [0.1, 0.15) is 10.5 Å². The molecule has 4 rings (SSSR count). The molecule has 0 atom stereocenters. The lowest BCUT2D eigenvalue weighted by molar-refractivity contribution is 0.102. The fourth-order valence-corrected chi connectivity index (χ4v) is 3.22. The lowest BCUT2D eigenvalue weighted by atomic mass is 10.2. The Labute approximate surface area is 146 Å². The Hall–Kier alpha value is -2.70. The molecule has 0 saturated heterocycles. The molecule has 7 heteroatoms. The van der Waals surface area contributed by atoms with Gasteiger partial charge in [-0.25, -0.2) is 9.97 Å². The van der Waals surface area contributed by atoms with Gasteiger partial charge in [0.05, 0.1) is 11.0 Å². The first-order valence-electron chi connectivity index (χ1n) is 7.16. The number of anilines is 1. The van der Waals surface area contributed by atoms with Crippen molar-refractivity contribution in [1.29, 1.82) is 0 Å². The molecule has 0 fully saturated rings. The van der Waals surface area contributed by atoms with Crippen LogP contribution in [0.5, 0.6) is 0 Å². The third kappa shape index (κ3) is 2.89. The number of fused-ring (bicyclic) bond motifs is 1. The molecule has 24 heavy (non-hydrogen) atoms. The van der Waals surface area contributed by atoms with Gasteiger partial charge in [-0.1, -0.05) is 35.9 Å². The van der Waals surface area contributed by atoms with Crippen LogP contribution < -0.4 is 5.32 Å². The Balaban J connectivity index is 1.55. The van der Waals surface area contributed by atoms with Crippen molar-refractivity contribution in [3.63, 3.8) is 0 Å². The summed E-state index contributed by atoms with van der Waals surface area (Å²) in [5.41, 5.74) is 2.94. The van der Waals surface area contributed by atoms with Gasteiger partial charge >= 0.3 is 0 Å². The van der Waals surface area contributed by atoms with Crippen LogP contribution in [0.4, 0.5) is 5.95 Å². The number of H-pyrrole nitrogens is 1. The van der Waals surface area contributed by atoms with Gasteiger partial charge in [0.15, 0.2) is 0 Å². The van der Waals surface area contributed by atoms with E-state index >= 15 is 0 Å². The third-order valence-electron chi connectivity index (χ3n) is 3.45. The van der Waals surface area contributed by atoms with Crippen molar-refractivity contribution >= 4 is 45.8 Å². The molecule has 118 valence electrons. The number of benzene rings is 2. The third-order valence-corrected chi connectivity index (χ3v) is 4.59. The lowest BCUT2D eigenvalue weighted by Gasteiger charge is -1.98. The Morgan fingerprint density at radius 1 is 1.08 bits per heavy atom. The summed E-state index contributed by atoms with van der Waals surface area (Å²) in [7, 11) is 0. The summed E-state index contributed by atoms with van der Waals surface area (Å²) in [6.45, 7) is 0. The molecule has 5 nitrogen and oxygen atoms in total. The summed E-state index contributed by atoms with van der Waals surface area (Å²) in [5.74, 6) is 0.104. The topological polar surface area (TPSA) is 70.7 Å². The minimum Gasteiger partial charge on any atom is -0.324 e. The Morgan fingerprint density at radius 3 is 2.67 bits per heavy atom. The number of halogens is 1. The Morgan fingerprint density at radius 2 is 1.88 bits per heavy atom. The molecule has 0 radical (unpaired) electrons. The first-order valence-corrected chi connectivity index (χ1v) is 8.42. The number of para-hydroxylation sites is 2. The van der Waals surface area contributed by atoms with E-state index in [2.05, 4.69) is 20.3 Å². The van der Waals surface area contributed by atoms with Crippen molar-refractivity contribution in [3.05, 3.63) is 64.6 Å². The zero-order chi connectivity index (χ0) is 16.5. The molecule has 0 spiro atoms. The van der Waals surface area contributed by atoms with Crippen LogP contribution in [0, 0.1) is 0 Å². The number of nitrogens with one attached hydrogen (secondary N) is 2. The van der Waals surface area contributed by atoms with Crippen molar-refractivity contribution in [2.45, 2.75) is 0 Å². The van der Waals surface area contributed by atoms with Crippen LogP contribution in [0.2, 0.25) is 5.02 Å². The normalized spacial score (nSPS) is 10.9. The van der Waals surface area contributed by atoms with E-state index in [0.29, 0.717) is 16.7 Å². The summed E-state index contributed by atoms with van der Waals surface area (Å²) in [5, 5.41) is 5.89. The van der Waals surface area contributed by atoms with Crippen LogP contribution in [-0.2, 0) is 0 Å². The standard InChI is InChI=1S/C17H11ClN4OS/c18-11-7-5-10(6-8-11)16-19-14(9-24-16)15(23)22-17-20-12-3-1-2-4-13(12)21-17/h1-9H,(H2,20,21,22,23). The number of amides is 1. The maximum absolute atomic E-state index is 12.3. The molecule has 0 bridgehead atoms. The predicted molar refractivity (Wildman–Crippen MR) is 96.6 cm³/mol. The Kier molecular flexibility index (Phi) is 3.76. The molecule has 2 aromatic carbocycles. The monoisotopic (exact) mass is 354 g/mol. The van der Waals surface area contributed by atoms with Gasteiger partial charge in [-0.3, -0.25) is 10.1 Å². The highest BCUT2D eigenvalue weighted by Gasteiger charge is 2.14. The summed E-state index contributed by atoms with van der Waals surface area (Å²) in [6.07, 6.45) is 0. The van der Waals surface area contributed by atoms with Crippen LogP contribution in [0.3, 0.4) is 0 Å². The number of nitrogens with zero attached hydrogens (tertiary/aromatic N) is 2. The first-order chi connectivity index (χ1) is 11.7. The number of carbonyl (C=O) groups excluding carboxylic acids is 1. The smallest absolute Gasteiger partial charge is 0.277 e. The summed E-state index contributed by atoms with van der Waals surface area (Å²) >= 11 is 7.29. The first kappa shape index (κ1) is 14.9. The molecular weight excluding hydrogens is 344 g/mol. The fraction of sp³-hybridized carbons (Fsp3) is 0. The molecule has 1 amide bonds. The molecule has 0 aliphatic heterocycles. The average molecular weight is 355 g/mol. The predicted octanol–water partition coefficient (Wildman–Crippen LogP) is 4.59. The highest BCUT2D eigenvalue weighted by Crippen LogP contribution is 2.25. The molecule has 2 aromatic heterocycles. The van der Waals surface area contributed by atoms with Crippen molar-refractivity contribution < 1.29 is 4.79 Å². The average Bonchev–Trinajstić information content (AvgIpc) is 3.21. The summed E-state index contributed by atoms with van der Waals surface area (Å²) in [6, 6.07) is 14.9. The van der Waals surface area contributed by atoms with Crippen molar-refractivity contribution in [2.24, 2.45) is 0 Å². The molecule has 0 saturated carbocycles. The van der Waals surface area contributed by atoms with E-state index in [1.807, 2.05) is 36.4 Å². The number of carbonyl (C=O) groups is 1. The minimum absolute atomic E-state index is 0.300. The van der Waals surface area contributed by atoms with Crippen LogP contribution in [-0.4, -0.2) is 20.9 Å². The van der Waals surface area contributed by atoms with Crippen molar-refractivity contribution in [1.82, 2.24) is 15.0 Å². The quantitative estimate of drug-likeness (QED) is 0.565. The summed E-state index contributed by atoms with van der Waals surface area (Å²) in [4.78, 5) is 24.1. The van der Waals surface area contributed by atoms with Crippen LogP contribution >= 0.6 is 22.9 Å². The van der Waals surface area contributed by atoms with Crippen LogP contribution in [0.15, 0.2) is 53.9 Å². The lowest BCUT2D eigenvalue weighted by Crippen LogP contribution is -2.13.